The van der Waals surface area contributed by atoms with Crippen LogP contribution >= 0.6 is 6.72 Å². The average molecular weight is 397 g/mol. The Morgan fingerprint density at radius 2 is 1.40 bits per heavy atom. The predicted octanol–water partition coefficient (Wildman–Crippen LogP) is -1.61. The van der Waals surface area contributed by atoms with Gasteiger partial charge in [-0.05, 0) is 12.1 Å². The molecule has 11 nitrogen and oxygen atoms in total. The van der Waals surface area contributed by atoms with E-state index in [2.05, 4.69) is 0 Å². The molecular weight excluding hydrogens is 381 g/mol. The van der Waals surface area contributed by atoms with E-state index in [4.69, 9.17) is 20.9 Å². The first-order valence-corrected chi connectivity index (χ1v) is 9.48. The minimum atomic E-state index is -4.13. The van der Waals surface area contributed by atoms with E-state index in [9.17, 15) is 40.5 Å². The standard InChI is InChI=1S/C12H16NO10PS/c14-7-8(15)10(17)12(11(18)9(7)16)23-24(21,25)22-6-3-1-5(2-4-6)13(19)20/h1-4,7-12,14-18H,(H,21,25)/t7?,8-,9+,10-,11-,12?,24?/m1/s1. The summed E-state index contributed by atoms with van der Waals surface area (Å²) in [6.45, 7) is -4.13. The Hall–Kier alpha value is -1.21. The third-order valence-corrected chi connectivity index (χ3v) is 5.03. The lowest BCUT2D eigenvalue weighted by Gasteiger charge is -2.42. The van der Waals surface area contributed by atoms with Gasteiger partial charge in [0.1, 0.15) is 42.4 Å². The van der Waals surface area contributed by atoms with Crippen LogP contribution in [0.4, 0.5) is 5.69 Å². The van der Waals surface area contributed by atoms with Gasteiger partial charge in [-0.3, -0.25) is 14.6 Å². The molecule has 1 fully saturated rings. The molecule has 6 N–H and O–H groups in total. The van der Waals surface area contributed by atoms with Crippen molar-refractivity contribution in [1.82, 2.24) is 0 Å². The summed E-state index contributed by atoms with van der Waals surface area (Å²) in [6, 6.07) is 4.50. The lowest BCUT2D eigenvalue weighted by molar-refractivity contribution is -0.384. The fraction of sp³-hybridized carbons (Fsp3) is 0.500. The molecule has 0 aliphatic heterocycles. The minimum absolute atomic E-state index is 0.0719. The molecule has 2 rings (SSSR count). The van der Waals surface area contributed by atoms with Crippen molar-refractivity contribution in [2.45, 2.75) is 36.6 Å². The molecule has 0 saturated heterocycles. The number of rotatable bonds is 5. The van der Waals surface area contributed by atoms with E-state index in [1.807, 2.05) is 0 Å². The van der Waals surface area contributed by atoms with Gasteiger partial charge in [-0.2, -0.15) is 0 Å². The molecule has 140 valence electrons. The van der Waals surface area contributed by atoms with Crippen LogP contribution in [0.5, 0.6) is 5.75 Å². The van der Waals surface area contributed by atoms with Crippen LogP contribution in [0.15, 0.2) is 24.3 Å². The van der Waals surface area contributed by atoms with Crippen LogP contribution in [0.25, 0.3) is 0 Å². The van der Waals surface area contributed by atoms with Crippen LogP contribution in [0.2, 0.25) is 0 Å². The lowest BCUT2D eigenvalue weighted by atomic mass is 9.85. The van der Waals surface area contributed by atoms with Crippen molar-refractivity contribution in [3.63, 3.8) is 0 Å². The number of benzene rings is 1. The van der Waals surface area contributed by atoms with Gasteiger partial charge < -0.3 is 34.9 Å². The maximum atomic E-state index is 10.6. The van der Waals surface area contributed by atoms with Crippen LogP contribution in [-0.2, 0) is 16.3 Å². The topological polar surface area (TPSA) is 183 Å². The van der Waals surface area contributed by atoms with Gasteiger partial charge in [0, 0.05) is 23.9 Å². The van der Waals surface area contributed by atoms with Crippen molar-refractivity contribution < 1.29 is 44.4 Å². The van der Waals surface area contributed by atoms with E-state index >= 15 is 0 Å². The molecule has 0 amide bonds. The average Bonchev–Trinajstić information content (AvgIpc) is 2.55. The molecule has 1 aromatic rings. The number of nitrogens with zero attached hydrogens (tertiary/aromatic N) is 1. The van der Waals surface area contributed by atoms with E-state index in [1.165, 1.54) is 0 Å². The van der Waals surface area contributed by atoms with E-state index in [0.29, 0.717) is 0 Å². The van der Waals surface area contributed by atoms with Crippen molar-refractivity contribution in [2.24, 2.45) is 0 Å². The molecule has 25 heavy (non-hydrogen) atoms. The van der Waals surface area contributed by atoms with Gasteiger partial charge in [-0.1, -0.05) is 0 Å². The highest BCUT2D eigenvalue weighted by molar-refractivity contribution is 8.07. The first kappa shape index (κ1) is 20.1. The molecule has 0 spiro atoms. The molecule has 0 bridgehead atoms. The van der Waals surface area contributed by atoms with Gasteiger partial charge in [0.15, 0.2) is 0 Å². The fourth-order valence-corrected chi connectivity index (χ4v) is 3.80. The number of hydrogen-bond donors (Lipinski definition) is 6. The van der Waals surface area contributed by atoms with Crippen molar-refractivity contribution in [3.05, 3.63) is 34.4 Å². The van der Waals surface area contributed by atoms with E-state index in [0.717, 1.165) is 24.3 Å². The summed E-state index contributed by atoms with van der Waals surface area (Å²) < 4.78 is 9.99. The Bertz CT molecular complexity index is 656. The van der Waals surface area contributed by atoms with Gasteiger partial charge in [0.2, 0.25) is 0 Å². The highest BCUT2D eigenvalue weighted by atomic mass is 32.5. The first-order valence-electron chi connectivity index (χ1n) is 6.89. The van der Waals surface area contributed by atoms with E-state index in [-0.39, 0.29) is 11.4 Å². The summed E-state index contributed by atoms with van der Waals surface area (Å²) in [5.74, 6) is -0.0719. The third-order valence-electron chi connectivity index (χ3n) is 3.60. The van der Waals surface area contributed by atoms with Crippen LogP contribution in [-0.4, -0.2) is 72.0 Å². The molecule has 3 unspecified atom stereocenters. The molecule has 0 heterocycles. The zero-order valence-corrected chi connectivity index (χ0v) is 14.1. The van der Waals surface area contributed by atoms with Gasteiger partial charge in [-0.15, -0.1) is 0 Å². The second-order valence-electron chi connectivity index (χ2n) is 5.33. The molecule has 1 aliphatic rings. The van der Waals surface area contributed by atoms with Crippen LogP contribution in [0, 0.1) is 10.1 Å². The second-order valence-corrected chi connectivity index (χ2v) is 8.05. The lowest BCUT2D eigenvalue weighted by Crippen LogP contribution is -2.64. The largest absolute Gasteiger partial charge is 0.424 e. The Labute approximate surface area is 146 Å². The summed E-state index contributed by atoms with van der Waals surface area (Å²) in [5, 5.41) is 59.0. The maximum Gasteiger partial charge on any atom is 0.378 e. The Kier molecular flexibility index (Phi) is 6.09. The van der Waals surface area contributed by atoms with Crippen LogP contribution < -0.4 is 4.52 Å². The van der Waals surface area contributed by atoms with E-state index < -0.39 is 48.3 Å². The van der Waals surface area contributed by atoms with Gasteiger partial charge in [0.25, 0.3) is 5.69 Å². The number of aliphatic hydroxyl groups is 5. The Morgan fingerprint density at radius 1 is 0.960 bits per heavy atom. The molecule has 7 atom stereocenters. The molecule has 0 radical (unpaired) electrons. The number of non-ortho nitro benzene ring substituents is 1. The Morgan fingerprint density at radius 3 is 1.84 bits per heavy atom. The molecule has 13 heteroatoms. The molecule has 0 aromatic heterocycles. The zero-order valence-electron chi connectivity index (χ0n) is 12.4. The highest BCUT2D eigenvalue weighted by Crippen LogP contribution is 2.47. The van der Waals surface area contributed by atoms with E-state index in [1.54, 1.807) is 0 Å². The predicted molar refractivity (Wildman–Crippen MR) is 85.1 cm³/mol. The van der Waals surface area contributed by atoms with Crippen LogP contribution in [0.1, 0.15) is 0 Å². The van der Waals surface area contributed by atoms with Crippen LogP contribution in [0.3, 0.4) is 0 Å². The van der Waals surface area contributed by atoms with Gasteiger partial charge >= 0.3 is 6.72 Å². The molecule has 1 aliphatic carbocycles. The SMILES string of the molecule is O=[N+]([O-])c1ccc(OP(O)(=S)OC2[C@H](O)[C@H](O)C(O)[C@H](O)[C@H]2O)cc1. The molecule has 1 saturated carbocycles. The normalized spacial score (nSPS) is 35.0. The molecule has 1 aromatic carbocycles. The summed E-state index contributed by atoms with van der Waals surface area (Å²) >= 11 is 4.74. The number of nitro groups is 1. The number of nitro benzene ring substituents is 1. The summed E-state index contributed by atoms with van der Waals surface area (Å²) in [4.78, 5) is 20.0. The highest BCUT2D eigenvalue weighted by Gasteiger charge is 2.50. The minimum Gasteiger partial charge on any atom is -0.424 e. The maximum absolute atomic E-state index is 10.6. The molecular formula is C12H16NO10PS. The van der Waals surface area contributed by atoms with Gasteiger partial charge in [0.05, 0.1) is 4.92 Å². The zero-order chi connectivity index (χ0) is 18.9. The quantitative estimate of drug-likeness (QED) is 0.191. The second kappa shape index (κ2) is 7.58. The van der Waals surface area contributed by atoms with Crippen molar-refractivity contribution in [1.29, 1.82) is 0 Å². The van der Waals surface area contributed by atoms with Crippen molar-refractivity contribution >= 4 is 24.2 Å². The van der Waals surface area contributed by atoms with Crippen molar-refractivity contribution in [3.8, 4) is 5.75 Å². The summed E-state index contributed by atoms with van der Waals surface area (Å²) in [6.07, 6.45) is -11.0. The smallest absolute Gasteiger partial charge is 0.378 e. The van der Waals surface area contributed by atoms with Gasteiger partial charge in [-0.25, -0.2) is 0 Å². The third kappa shape index (κ3) is 4.50. The Balaban J connectivity index is 2.11. The monoisotopic (exact) mass is 397 g/mol. The fourth-order valence-electron chi connectivity index (χ4n) is 2.26. The summed E-state index contributed by atoms with van der Waals surface area (Å²) in [5.41, 5.74) is -0.224. The first-order chi connectivity index (χ1) is 11.5. The number of hydrogen-bond acceptors (Lipinski definition) is 10. The number of aliphatic hydroxyl groups excluding tert-OH is 5. The van der Waals surface area contributed by atoms with Crippen molar-refractivity contribution in [2.75, 3.05) is 0 Å². The summed E-state index contributed by atoms with van der Waals surface area (Å²) in [7, 11) is 0.